The molecule has 2 N–H and O–H groups in total. The molecule has 0 bridgehead atoms. The molecule has 2 nitrogen and oxygen atoms in total. The number of benzene rings is 2. The SMILES string of the molecule is CC(N)C(Oc1cccc(Br)c1)c1cccc(Br)c1. The van der Waals surface area contributed by atoms with Crippen LogP contribution in [0.5, 0.6) is 5.75 Å². The fraction of sp³-hybridized carbons (Fsp3) is 0.200. The standard InChI is InChI=1S/C15H15Br2NO/c1-10(18)15(11-4-2-5-12(16)8-11)19-14-7-3-6-13(17)9-14/h2-10,15H,18H2,1H3. The van der Waals surface area contributed by atoms with Crippen LogP contribution in [0.1, 0.15) is 18.6 Å². The lowest BCUT2D eigenvalue weighted by Gasteiger charge is -2.23. The molecule has 0 aliphatic carbocycles. The van der Waals surface area contributed by atoms with Gasteiger partial charge in [-0.1, -0.05) is 50.1 Å². The summed E-state index contributed by atoms with van der Waals surface area (Å²) >= 11 is 6.91. The average molecular weight is 385 g/mol. The van der Waals surface area contributed by atoms with Gasteiger partial charge in [-0.05, 0) is 42.8 Å². The second kappa shape index (κ2) is 6.55. The Labute approximate surface area is 130 Å². The molecule has 100 valence electrons. The van der Waals surface area contributed by atoms with E-state index in [-0.39, 0.29) is 12.1 Å². The molecule has 2 aromatic carbocycles. The normalized spacial score (nSPS) is 13.9. The summed E-state index contributed by atoms with van der Waals surface area (Å²) < 4.78 is 8.03. The summed E-state index contributed by atoms with van der Waals surface area (Å²) in [6.45, 7) is 1.95. The van der Waals surface area contributed by atoms with E-state index in [1.165, 1.54) is 0 Å². The molecule has 0 fully saturated rings. The highest BCUT2D eigenvalue weighted by atomic mass is 79.9. The molecule has 2 aromatic rings. The van der Waals surface area contributed by atoms with Crippen molar-refractivity contribution in [3.63, 3.8) is 0 Å². The largest absolute Gasteiger partial charge is 0.484 e. The second-order valence-electron chi connectivity index (χ2n) is 4.41. The van der Waals surface area contributed by atoms with E-state index >= 15 is 0 Å². The lowest BCUT2D eigenvalue weighted by Crippen LogP contribution is -2.29. The monoisotopic (exact) mass is 383 g/mol. The van der Waals surface area contributed by atoms with Gasteiger partial charge in [0, 0.05) is 15.0 Å². The van der Waals surface area contributed by atoms with E-state index in [0.29, 0.717) is 0 Å². The minimum atomic E-state index is -0.174. The summed E-state index contributed by atoms with van der Waals surface area (Å²) in [6, 6.07) is 15.7. The predicted molar refractivity (Wildman–Crippen MR) is 85.3 cm³/mol. The highest BCUT2D eigenvalue weighted by Gasteiger charge is 2.18. The van der Waals surface area contributed by atoms with Crippen LogP contribution in [0.3, 0.4) is 0 Å². The molecule has 0 heterocycles. The van der Waals surface area contributed by atoms with Gasteiger partial charge in [0.05, 0.1) is 0 Å². The van der Waals surface area contributed by atoms with Gasteiger partial charge in [0.25, 0.3) is 0 Å². The van der Waals surface area contributed by atoms with Gasteiger partial charge in [0.2, 0.25) is 0 Å². The molecule has 0 amide bonds. The number of ether oxygens (including phenoxy) is 1. The van der Waals surface area contributed by atoms with Crippen molar-refractivity contribution in [2.75, 3.05) is 0 Å². The summed E-state index contributed by atoms with van der Waals surface area (Å²) in [5, 5.41) is 0. The highest BCUT2D eigenvalue weighted by Crippen LogP contribution is 2.27. The summed E-state index contributed by atoms with van der Waals surface area (Å²) in [6.07, 6.45) is -0.174. The van der Waals surface area contributed by atoms with E-state index < -0.39 is 0 Å². The zero-order valence-corrected chi connectivity index (χ0v) is 13.7. The van der Waals surface area contributed by atoms with Crippen LogP contribution in [0.2, 0.25) is 0 Å². The number of halogens is 2. The Kier molecular flexibility index (Phi) is 5.02. The van der Waals surface area contributed by atoms with Gasteiger partial charge in [-0.15, -0.1) is 0 Å². The van der Waals surface area contributed by atoms with Crippen molar-refractivity contribution in [2.45, 2.75) is 19.1 Å². The highest BCUT2D eigenvalue weighted by molar-refractivity contribution is 9.10. The number of rotatable bonds is 4. The molecule has 0 saturated heterocycles. The van der Waals surface area contributed by atoms with Crippen LogP contribution in [-0.4, -0.2) is 6.04 Å². The number of nitrogens with two attached hydrogens (primary N) is 1. The molecule has 0 radical (unpaired) electrons. The van der Waals surface area contributed by atoms with Gasteiger partial charge in [0.15, 0.2) is 0 Å². The van der Waals surface area contributed by atoms with Crippen molar-refractivity contribution < 1.29 is 4.74 Å². The van der Waals surface area contributed by atoms with E-state index in [4.69, 9.17) is 10.5 Å². The van der Waals surface area contributed by atoms with E-state index in [9.17, 15) is 0 Å². The van der Waals surface area contributed by atoms with Crippen LogP contribution < -0.4 is 10.5 Å². The van der Waals surface area contributed by atoms with E-state index in [0.717, 1.165) is 20.3 Å². The molecule has 2 unspecified atom stereocenters. The molecule has 0 aliphatic rings. The molecule has 2 atom stereocenters. The van der Waals surface area contributed by atoms with E-state index in [2.05, 4.69) is 31.9 Å². The smallest absolute Gasteiger partial charge is 0.138 e. The van der Waals surface area contributed by atoms with Crippen molar-refractivity contribution >= 4 is 31.9 Å². The first-order chi connectivity index (χ1) is 9.06. The molecule has 0 aromatic heterocycles. The van der Waals surface area contributed by atoms with E-state index in [1.54, 1.807) is 0 Å². The summed E-state index contributed by atoms with van der Waals surface area (Å²) in [7, 11) is 0. The Morgan fingerprint density at radius 1 is 1.00 bits per heavy atom. The van der Waals surface area contributed by atoms with Crippen LogP contribution in [0.15, 0.2) is 57.5 Å². The number of hydrogen-bond acceptors (Lipinski definition) is 2. The van der Waals surface area contributed by atoms with Gasteiger partial charge >= 0.3 is 0 Å². The first-order valence-corrected chi connectivity index (χ1v) is 7.58. The Hall–Kier alpha value is -0.840. The van der Waals surface area contributed by atoms with Gasteiger partial charge < -0.3 is 10.5 Å². The molecule has 0 spiro atoms. The van der Waals surface area contributed by atoms with Crippen molar-refractivity contribution in [3.05, 3.63) is 63.0 Å². The number of hydrogen-bond donors (Lipinski definition) is 1. The quantitative estimate of drug-likeness (QED) is 0.830. The first-order valence-electron chi connectivity index (χ1n) is 5.99. The van der Waals surface area contributed by atoms with Gasteiger partial charge in [-0.2, -0.15) is 0 Å². The zero-order chi connectivity index (χ0) is 13.8. The maximum absolute atomic E-state index is 6.05. The van der Waals surface area contributed by atoms with Crippen LogP contribution in [-0.2, 0) is 0 Å². The van der Waals surface area contributed by atoms with Crippen molar-refractivity contribution in [1.29, 1.82) is 0 Å². The average Bonchev–Trinajstić information content (AvgIpc) is 2.35. The summed E-state index contributed by atoms with van der Waals surface area (Å²) in [5.74, 6) is 0.802. The Morgan fingerprint density at radius 2 is 1.63 bits per heavy atom. The minimum Gasteiger partial charge on any atom is -0.484 e. The molecule has 19 heavy (non-hydrogen) atoms. The second-order valence-corrected chi connectivity index (χ2v) is 6.24. The molecule has 4 heteroatoms. The molecular formula is C15H15Br2NO. The van der Waals surface area contributed by atoms with Crippen molar-refractivity contribution in [2.24, 2.45) is 5.73 Å². The molecule has 2 rings (SSSR count). The van der Waals surface area contributed by atoms with Gasteiger partial charge in [-0.3, -0.25) is 0 Å². The van der Waals surface area contributed by atoms with Gasteiger partial charge in [0.1, 0.15) is 11.9 Å². The maximum atomic E-state index is 6.05. The Bertz CT molecular complexity index is 557. The lowest BCUT2D eigenvalue weighted by molar-refractivity contribution is 0.180. The molecular weight excluding hydrogens is 370 g/mol. The first kappa shape index (κ1) is 14.6. The Morgan fingerprint density at radius 3 is 2.21 bits per heavy atom. The fourth-order valence-electron chi connectivity index (χ4n) is 1.85. The maximum Gasteiger partial charge on any atom is 0.138 e. The van der Waals surface area contributed by atoms with Gasteiger partial charge in [-0.25, -0.2) is 0 Å². The molecule has 0 saturated carbocycles. The third-order valence-corrected chi connectivity index (χ3v) is 3.70. The minimum absolute atomic E-state index is 0.103. The summed E-state index contributed by atoms with van der Waals surface area (Å²) in [4.78, 5) is 0. The lowest BCUT2D eigenvalue weighted by atomic mass is 10.0. The third kappa shape index (κ3) is 4.06. The van der Waals surface area contributed by atoms with Crippen molar-refractivity contribution in [1.82, 2.24) is 0 Å². The van der Waals surface area contributed by atoms with Crippen LogP contribution >= 0.6 is 31.9 Å². The van der Waals surface area contributed by atoms with Crippen LogP contribution in [0.25, 0.3) is 0 Å². The third-order valence-electron chi connectivity index (χ3n) is 2.71. The Balaban J connectivity index is 2.26. The van der Waals surface area contributed by atoms with Crippen LogP contribution in [0, 0.1) is 0 Å². The topological polar surface area (TPSA) is 35.2 Å². The fourth-order valence-corrected chi connectivity index (χ4v) is 2.64. The predicted octanol–water partition coefficient (Wildman–Crippen LogP) is 4.68. The van der Waals surface area contributed by atoms with Crippen LogP contribution in [0.4, 0.5) is 0 Å². The molecule has 0 aliphatic heterocycles. The summed E-state index contributed by atoms with van der Waals surface area (Å²) in [5.41, 5.74) is 7.11. The van der Waals surface area contributed by atoms with Crippen molar-refractivity contribution in [3.8, 4) is 5.75 Å². The zero-order valence-electron chi connectivity index (χ0n) is 10.5. The van der Waals surface area contributed by atoms with E-state index in [1.807, 2.05) is 55.5 Å².